The SMILES string of the molecule is CCS(N)(=O)=O.[Na]. The van der Waals surface area contributed by atoms with Crippen molar-refractivity contribution in [3.63, 3.8) is 0 Å². The van der Waals surface area contributed by atoms with Crippen molar-refractivity contribution < 1.29 is 8.42 Å². The van der Waals surface area contributed by atoms with E-state index in [1.165, 1.54) is 6.92 Å². The molecule has 0 aromatic heterocycles. The second-order valence-corrected chi connectivity index (χ2v) is 2.85. The van der Waals surface area contributed by atoms with Crippen LogP contribution in [0.5, 0.6) is 0 Å². The van der Waals surface area contributed by atoms with Crippen LogP contribution < -0.4 is 5.14 Å². The number of hydrogen-bond donors (Lipinski definition) is 1. The summed E-state index contributed by atoms with van der Waals surface area (Å²) >= 11 is 0. The standard InChI is InChI=1S/C2H7NO2S.Na/c1-2-6(3,4)5;/h2H2,1H3,(H2,3,4,5);. The van der Waals surface area contributed by atoms with Crippen LogP contribution in [0, 0.1) is 0 Å². The van der Waals surface area contributed by atoms with Crippen LogP contribution in [0.2, 0.25) is 0 Å². The molecule has 39 valence electrons. The molecular weight excluding hydrogens is 125 g/mol. The van der Waals surface area contributed by atoms with Crippen LogP contribution >= 0.6 is 0 Å². The van der Waals surface area contributed by atoms with E-state index in [0.717, 1.165) is 0 Å². The van der Waals surface area contributed by atoms with Crippen LogP contribution in [0.1, 0.15) is 6.92 Å². The fourth-order valence-corrected chi connectivity index (χ4v) is 0. The minimum atomic E-state index is -3.16. The molecule has 0 heterocycles. The van der Waals surface area contributed by atoms with Crippen LogP contribution in [0.3, 0.4) is 0 Å². The molecule has 0 spiro atoms. The first-order chi connectivity index (χ1) is 2.56. The maximum atomic E-state index is 9.78. The summed E-state index contributed by atoms with van der Waals surface area (Å²) in [7, 11) is -3.16. The Morgan fingerprint density at radius 2 is 1.71 bits per heavy atom. The van der Waals surface area contributed by atoms with E-state index in [1.54, 1.807) is 0 Å². The second-order valence-electron chi connectivity index (χ2n) is 0.952. The van der Waals surface area contributed by atoms with Crippen molar-refractivity contribution in [2.24, 2.45) is 5.14 Å². The van der Waals surface area contributed by atoms with Crippen molar-refractivity contribution in [2.45, 2.75) is 6.92 Å². The Morgan fingerprint density at radius 3 is 1.71 bits per heavy atom. The smallest absolute Gasteiger partial charge is 0.208 e. The molecule has 0 unspecified atom stereocenters. The summed E-state index contributed by atoms with van der Waals surface area (Å²) in [5, 5.41) is 4.51. The zero-order valence-corrected chi connectivity index (χ0v) is 7.33. The van der Waals surface area contributed by atoms with Gasteiger partial charge in [0.15, 0.2) is 0 Å². The van der Waals surface area contributed by atoms with Crippen molar-refractivity contribution >= 4 is 39.6 Å². The summed E-state index contributed by atoms with van der Waals surface area (Å²) < 4.78 is 19.6. The van der Waals surface area contributed by atoms with Gasteiger partial charge >= 0.3 is 0 Å². The Bertz CT molecular complexity index is 118. The fourth-order valence-electron chi connectivity index (χ4n) is 0. The van der Waals surface area contributed by atoms with E-state index >= 15 is 0 Å². The quantitative estimate of drug-likeness (QED) is 0.461. The molecule has 0 rings (SSSR count). The molecule has 0 aromatic carbocycles. The van der Waals surface area contributed by atoms with Crippen molar-refractivity contribution in [3.05, 3.63) is 0 Å². The summed E-state index contributed by atoms with van der Waals surface area (Å²) in [5.74, 6) is 0.0208. The molecule has 5 heteroatoms. The average Bonchev–Trinajstić information content (AvgIpc) is 1.35. The Hall–Kier alpha value is 0.910. The van der Waals surface area contributed by atoms with Gasteiger partial charge in [-0.05, 0) is 6.92 Å². The van der Waals surface area contributed by atoms with Crippen molar-refractivity contribution in [2.75, 3.05) is 5.75 Å². The number of hydrogen-bond acceptors (Lipinski definition) is 2. The fraction of sp³-hybridized carbons (Fsp3) is 1.00. The van der Waals surface area contributed by atoms with Crippen molar-refractivity contribution in [1.29, 1.82) is 0 Å². The number of sulfonamides is 1. The molecular formula is C2H7NNaO2S. The van der Waals surface area contributed by atoms with Crippen LogP contribution in [-0.4, -0.2) is 43.7 Å². The number of nitrogens with two attached hydrogens (primary N) is 1. The summed E-state index contributed by atoms with van der Waals surface area (Å²) in [4.78, 5) is 0. The molecule has 0 saturated heterocycles. The molecule has 0 aliphatic carbocycles. The zero-order chi connectivity index (χ0) is 5.21. The molecule has 0 aliphatic rings. The van der Waals surface area contributed by atoms with Crippen LogP contribution in [-0.2, 0) is 10.0 Å². The van der Waals surface area contributed by atoms with Gasteiger partial charge in [0.2, 0.25) is 10.0 Å². The van der Waals surface area contributed by atoms with Crippen molar-refractivity contribution in [1.82, 2.24) is 0 Å². The van der Waals surface area contributed by atoms with Gasteiger partial charge in [-0.1, -0.05) is 0 Å². The van der Waals surface area contributed by atoms with Gasteiger partial charge in [0, 0.05) is 29.6 Å². The van der Waals surface area contributed by atoms with Gasteiger partial charge in [-0.3, -0.25) is 0 Å². The van der Waals surface area contributed by atoms with E-state index in [-0.39, 0.29) is 35.3 Å². The molecule has 0 aromatic rings. The summed E-state index contributed by atoms with van der Waals surface area (Å²) in [6.45, 7) is 1.50. The Kier molecular flexibility index (Phi) is 5.96. The molecule has 0 amide bonds. The monoisotopic (exact) mass is 132 g/mol. The van der Waals surface area contributed by atoms with Gasteiger partial charge in [0.25, 0.3) is 0 Å². The minimum Gasteiger partial charge on any atom is -0.229 e. The van der Waals surface area contributed by atoms with Crippen LogP contribution in [0.15, 0.2) is 0 Å². The first-order valence-corrected chi connectivity index (χ1v) is 3.28. The molecule has 2 N–H and O–H groups in total. The summed E-state index contributed by atoms with van der Waals surface area (Å²) in [6.07, 6.45) is 0. The molecule has 0 fully saturated rings. The van der Waals surface area contributed by atoms with E-state index < -0.39 is 10.0 Å². The van der Waals surface area contributed by atoms with Gasteiger partial charge in [-0.2, -0.15) is 0 Å². The van der Waals surface area contributed by atoms with Gasteiger partial charge in [-0.15, -0.1) is 0 Å². The van der Waals surface area contributed by atoms with Crippen LogP contribution in [0.25, 0.3) is 0 Å². The second kappa shape index (κ2) is 3.86. The Labute approximate surface area is 65.6 Å². The molecule has 0 saturated carbocycles. The zero-order valence-electron chi connectivity index (χ0n) is 4.51. The summed E-state index contributed by atoms with van der Waals surface area (Å²) in [6, 6.07) is 0. The van der Waals surface area contributed by atoms with Gasteiger partial charge < -0.3 is 0 Å². The number of rotatable bonds is 1. The third kappa shape index (κ3) is 10.9. The van der Waals surface area contributed by atoms with Crippen LogP contribution in [0.4, 0.5) is 0 Å². The predicted molar refractivity (Wildman–Crippen MR) is 29.4 cm³/mol. The molecule has 0 aliphatic heterocycles. The van der Waals surface area contributed by atoms with E-state index in [9.17, 15) is 8.42 Å². The Balaban J connectivity index is 0. The molecule has 1 radical (unpaired) electrons. The predicted octanol–water partition coefficient (Wildman–Crippen LogP) is -1.09. The van der Waals surface area contributed by atoms with E-state index in [0.29, 0.717) is 0 Å². The largest absolute Gasteiger partial charge is 0.229 e. The Morgan fingerprint density at radius 1 is 1.57 bits per heavy atom. The third-order valence-electron chi connectivity index (χ3n) is 0.402. The average molecular weight is 132 g/mol. The van der Waals surface area contributed by atoms with Crippen molar-refractivity contribution in [3.8, 4) is 0 Å². The van der Waals surface area contributed by atoms with Gasteiger partial charge in [-0.25, -0.2) is 13.6 Å². The molecule has 0 bridgehead atoms. The van der Waals surface area contributed by atoms with Gasteiger partial charge in [0.1, 0.15) is 0 Å². The van der Waals surface area contributed by atoms with E-state index in [4.69, 9.17) is 0 Å². The van der Waals surface area contributed by atoms with E-state index in [2.05, 4.69) is 5.14 Å². The molecule has 7 heavy (non-hydrogen) atoms. The first kappa shape index (κ1) is 10.8. The maximum absolute atomic E-state index is 9.78. The topological polar surface area (TPSA) is 60.2 Å². The third-order valence-corrected chi connectivity index (χ3v) is 1.21. The molecule has 0 atom stereocenters. The summed E-state index contributed by atoms with van der Waals surface area (Å²) in [5.41, 5.74) is 0. The number of primary sulfonamides is 1. The van der Waals surface area contributed by atoms with E-state index in [1.807, 2.05) is 0 Å². The van der Waals surface area contributed by atoms with Gasteiger partial charge in [0.05, 0.1) is 5.75 Å². The maximum Gasteiger partial charge on any atom is 0.208 e. The molecule has 3 nitrogen and oxygen atoms in total. The first-order valence-electron chi connectivity index (χ1n) is 1.56. The minimum absolute atomic E-state index is 0. The normalized spacial score (nSPS) is 10.0.